The van der Waals surface area contributed by atoms with Crippen molar-refractivity contribution in [3.8, 4) is 0 Å². The normalized spacial score (nSPS) is 26.3. The maximum absolute atomic E-state index is 7.81. The van der Waals surface area contributed by atoms with Gasteiger partial charge in [0.2, 0.25) is 0 Å². The Morgan fingerprint density at radius 1 is 1.42 bits per heavy atom. The van der Waals surface area contributed by atoms with Crippen LogP contribution in [-0.2, 0) is 4.74 Å². The fourth-order valence-corrected chi connectivity index (χ4v) is 3.81. The van der Waals surface area contributed by atoms with E-state index in [9.17, 15) is 0 Å². The summed E-state index contributed by atoms with van der Waals surface area (Å²) in [5, 5.41) is 7.81. The zero-order valence-electron chi connectivity index (χ0n) is 10.7. The Bertz CT molecular complexity index is 505. The van der Waals surface area contributed by atoms with E-state index < -0.39 is 0 Å². The summed E-state index contributed by atoms with van der Waals surface area (Å²) in [5.74, 6) is 0.114. The number of hydrogen-bond acceptors (Lipinski definition) is 3. The van der Waals surface area contributed by atoms with Crippen LogP contribution < -0.4 is 10.6 Å². The molecule has 0 aromatic heterocycles. The number of morpholine rings is 1. The number of fused-ring (bicyclic) bond motifs is 1. The van der Waals surface area contributed by atoms with Crippen molar-refractivity contribution < 1.29 is 4.74 Å². The smallest absolute Gasteiger partial charge is 0.126 e. The topological polar surface area (TPSA) is 62.3 Å². The van der Waals surface area contributed by atoms with Gasteiger partial charge in [0, 0.05) is 16.7 Å². The number of nitrogens with two attached hydrogens (primary N) is 1. The van der Waals surface area contributed by atoms with E-state index >= 15 is 0 Å². The van der Waals surface area contributed by atoms with Crippen LogP contribution >= 0.6 is 15.9 Å². The van der Waals surface area contributed by atoms with Gasteiger partial charge in [-0.1, -0.05) is 6.07 Å². The second kappa shape index (κ2) is 5.13. The molecule has 2 aliphatic rings. The highest BCUT2D eigenvalue weighted by atomic mass is 79.9. The van der Waals surface area contributed by atoms with Gasteiger partial charge in [-0.15, -0.1) is 0 Å². The number of nitrogens with one attached hydrogen (secondary N) is 1. The molecule has 0 radical (unpaired) electrons. The summed E-state index contributed by atoms with van der Waals surface area (Å²) >= 11 is 3.51. The number of ether oxygens (including phenoxy) is 1. The first kappa shape index (κ1) is 12.9. The third-order valence-electron chi connectivity index (χ3n) is 4.05. The first-order valence-corrected chi connectivity index (χ1v) is 7.49. The van der Waals surface area contributed by atoms with Crippen molar-refractivity contribution in [1.29, 1.82) is 5.41 Å². The molecule has 3 rings (SSSR count). The molecule has 1 saturated carbocycles. The van der Waals surface area contributed by atoms with Crippen molar-refractivity contribution in [2.75, 3.05) is 18.1 Å². The lowest BCUT2D eigenvalue weighted by Gasteiger charge is -2.40. The molecule has 19 heavy (non-hydrogen) atoms. The van der Waals surface area contributed by atoms with Gasteiger partial charge < -0.3 is 15.4 Å². The van der Waals surface area contributed by atoms with Gasteiger partial charge in [0.15, 0.2) is 0 Å². The highest BCUT2D eigenvalue weighted by molar-refractivity contribution is 9.10. The molecule has 3 N–H and O–H groups in total. The fourth-order valence-electron chi connectivity index (χ4n) is 3.24. The summed E-state index contributed by atoms with van der Waals surface area (Å²) in [5.41, 5.74) is 7.61. The predicted molar refractivity (Wildman–Crippen MR) is 79.9 cm³/mol. The van der Waals surface area contributed by atoms with Gasteiger partial charge in [0.05, 0.1) is 24.3 Å². The Hall–Kier alpha value is -1.07. The first-order chi connectivity index (χ1) is 9.18. The molecule has 5 heteroatoms. The van der Waals surface area contributed by atoms with Crippen molar-refractivity contribution in [1.82, 2.24) is 0 Å². The molecule has 0 bridgehead atoms. The molecule has 2 fully saturated rings. The Labute approximate surface area is 121 Å². The molecule has 1 aromatic rings. The van der Waals surface area contributed by atoms with E-state index in [0.717, 1.165) is 41.7 Å². The van der Waals surface area contributed by atoms with Crippen molar-refractivity contribution >= 4 is 27.5 Å². The number of nitrogen functional groups attached to an aromatic ring is 1. The molecule has 1 saturated heterocycles. The van der Waals surface area contributed by atoms with Crippen LogP contribution in [-0.4, -0.2) is 31.1 Å². The Balaban J connectivity index is 2.01. The zero-order valence-corrected chi connectivity index (χ0v) is 12.3. The van der Waals surface area contributed by atoms with Crippen molar-refractivity contribution in [3.63, 3.8) is 0 Å². The van der Waals surface area contributed by atoms with Crippen LogP contribution in [0.25, 0.3) is 0 Å². The Morgan fingerprint density at radius 3 is 3.05 bits per heavy atom. The molecule has 1 aromatic carbocycles. The lowest BCUT2D eigenvalue weighted by Crippen LogP contribution is -2.49. The molecular weight excluding hydrogens is 306 g/mol. The zero-order chi connectivity index (χ0) is 13.4. The molecule has 4 nitrogen and oxygen atoms in total. The lowest BCUT2D eigenvalue weighted by atomic mass is 10.1. The van der Waals surface area contributed by atoms with Crippen LogP contribution in [0.5, 0.6) is 0 Å². The molecule has 102 valence electrons. The van der Waals surface area contributed by atoms with Gasteiger partial charge in [0.25, 0.3) is 0 Å². The van der Waals surface area contributed by atoms with Crippen LogP contribution in [0, 0.1) is 5.41 Å². The number of anilines is 1. The SMILES string of the molecule is N=C(N)c1c(Br)cccc1N1CCOC2CCCC21. The van der Waals surface area contributed by atoms with E-state index in [4.69, 9.17) is 15.9 Å². The molecule has 1 aliphatic heterocycles. The summed E-state index contributed by atoms with van der Waals surface area (Å²) in [6.07, 6.45) is 3.86. The number of hydrogen-bond donors (Lipinski definition) is 2. The van der Waals surface area contributed by atoms with Crippen molar-refractivity contribution in [2.45, 2.75) is 31.4 Å². The van der Waals surface area contributed by atoms with Gasteiger partial charge in [-0.2, -0.15) is 0 Å². The van der Waals surface area contributed by atoms with Crippen LogP contribution in [0.15, 0.2) is 22.7 Å². The van der Waals surface area contributed by atoms with E-state index in [1.807, 2.05) is 12.1 Å². The second-order valence-corrected chi connectivity index (χ2v) is 6.00. The molecule has 2 atom stereocenters. The summed E-state index contributed by atoms with van der Waals surface area (Å²) in [7, 11) is 0. The van der Waals surface area contributed by atoms with Crippen molar-refractivity contribution in [3.05, 3.63) is 28.2 Å². The van der Waals surface area contributed by atoms with Gasteiger partial charge in [-0.25, -0.2) is 0 Å². The van der Waals surface area contributed by atoms with E-state index in [1.54, 1.807) is 0 Å². The minimum absolute atomic E-state index is 0.114. The van der Waals surface area contributed by atoms with Gasteiger partial charge in [-0.05, 0) is 47.3 Å². The number of amidine groups is 1. The maximum Gasteiger partial charge on any atom is 0.126 e. The van der Waals surface area contributed by atoms with Gasteiger partial charge in [-0.3, -0.25) is 5.41 Å². The number of halogens is 1. The van der Waals surface area contributed by atoms with E-state index in [0.29, 0.717) is 12.1 Å². The maximum atomic E-state index is 7.81. The quantitative estimate of drug-likeness (QED) is 0.649. The van der Waals surface area contributed by atoms with Crippen LogP contribution in [0.4, 0.5) is 5.69 Å². The van der Waals surface area contributed by atoms with E-state index in [2.05, 4.69) is 26.9 Å². The lowest BCUT2D eigenvalue weighted by molar-refractivity contribution is 0.0256. The van der Waals surface area contributed by atoms with Crippen LogP contribution in [0.1, 0.15) is 24.8 Å². The van der Waals surface area contributed by atoms with Crippen LogP contribution in [0.2, 0.25) is 0 Å². The average Bonchev–Trinajstić information content (AvgIpc) is 2.85. The second-order valence-electron chi connectivity index (χ2n) is 5.15. The predicted octanol–water partition coefficient (Wildman–Crippen LogP) is 2.49. The number of nitrogens with zero attached hydrogens (tertiary/aromatic N) is 1. The Kier molecular flexibility index (Phi) is 3.50. The van der Waals surface area contributed by atoms with E-state index in [-0.39, 0.29) is 5.84 Å². The average molecular weight is 324 g/mol. The van der Waals surface area contributed by atoms with Gasteiger partial charge in [0.1, 0.15) is 5.84 Å². The third kappa shape index (κ3) is 2.25. The van der Waals surface area contributed by atoms with Gasteiger partial charge >= 0.3 is 0 Å². The molecule has 1 heterocycles. The molecule has 0 amide bonds. The summed E-state index contributed by atoms with van der Waals surface area (Å²) in [6, 6.07) is 6.43. The fraction of sp³-hybridized carbons (Fsp3) is 0.500. The monoisotopic (exact) mass is 323 g/mol. The minimum atomic E-state index is 0.114. The number of benzene rings is 1. The minimum Gasteiger partial charge on any atom is -0.384 e. The summed E-state index contributed by atoms with van der Waals surface area (Å²) in [6.45, 7) is 1.63. The Morgan fingerprint density at radius 2 is 2.26 bits per heavy atom. The first-order valence-electron chi connectivity index (χ1n) is 6.69. The molecule has 0 spiro atoms. The van der Waals surface area contributed by atoms with Crippen LogP contribution in [0.3, 0.4) is 0 Å². The third-order valence-corrected chi connectivity index (χ3v) is 4.71. The standard InChI is InChI=1S/C14H18BrN3O/c15-9-3-1-5-11(13(9)14(16)17)18-7-8-19-12-6-2-4-10(12)18/h1,3,5,10,12H,2,4,6-8H2,(H3,16,17). The molecular formula is C14H18BrN3O. The highest BCUT2D eigenvalue weighted by Crippen LogP contribution is 2.36. The highest BCUT2D eigenvalue weighted by Gasteiger charge is 2.37. The molecule has 2 unspecified atom stereocenters. The molecule has 1 aliphatic carbocycles. The summed E-state index contributed by atoms with van der Waals surface area (Å²) < 4.78 is 6.73. The number of rotatable bonds is 2. The largest absolute Gasteiger partial charge is 0.384 e. The van der Waals surface area contributed by atoms with E-state index in [1.165, 1.54) is 6.42 Å². The summed E-state index contributed by atoms with van der Waals surface area (Å²) in [4.78, 5) is 2.38. The van der Waals surface area contributed by atoms with Crippen molar-refractivity contribution in [2.24, 2.45) is 5.73 Å².